The minimum Gasteiger partial charge on any atom is -0.435 e. The summed E-state index contributed by atoms with van der Waals surface area (Å²) < 4.78 is 28.7. The molecule has 0 unspecified atom stereocenters. The molecule has 0 atom stereocenters. The molecule has 138 valence electrons. The number of carbonyl (C=O) groups excluding carboxylic acids is 1. The van der Waals surface area contributed by atoms with Gasteiger partial charge in [0.05, 0.1) is 0 Å². The molecule has 0 radical (unpaired) electrons. The van der Waals surface area contributed by atoms with Crippen LogP contribution in [0, 0.1) is 0 Å². The molecule has 0 spiro atoms. The Balaban J connectivity index is 1.57. The van der Waals surface area contributed by atoms with Crippen LogP contribution < -0.4 is 4.74 Å². The highest BCUT2D eigenvalue weighted by atomic mass is 19.3. The maximum Gasteiger partial charge on any atom is 0.387 e. The van der Waals surface area contributed by atoms with Gasteiger partial charge in [0.1, 0.15) is 5.75 Å². The van der Waals surface area contributed by atoms with E-state index < -0.39 is 6.61 Å². The van der Waals surface area contributed by atoms with Crippen LogP contribution in [0.2, 0.25) is 0 Å². The Bertz CT molecular complexity index is 708. The van der Waals surface area contributed by atoms with Crippen LogP contribution in [0.25, 0.3) is 0 Å². The zero-order valence-electron chi connectivity index (χ0n) is 14.5. The minimum absolute atomic E-state index is 0.0569. The fourth-order valence-electron chi connectivity index (χ4n) is 3.14. The van der Waals surface area contributed by atoms with E-state index >= 15 is 0 Å². The van der Waals surface area contributed by atoms with Crippen LogP contribution in [0.5, 0.6) is 5.75 Å². The van der Waals surface area contributed by atoms with Crippen molar-refractivity contribution in [1.29, 1.82) is 0 Å². The topological polar surface area (TPSA) is 32.8 Å². The molecule has 1 fully saturated rings. The van der Waals surface area contributed by atoms with Crippen LogP contribution in [0.4, 0.5) is 8.78 Å². The largest absolute Gasteiger partial charge is 0.435 e. The summed E-state index contributed by atoms with van der Waals surface area (Å²) in [5.41, 5.74) is 1.75. The van der Waals surface area contributed by atoms with Crippen molar-refractivity contribution < 1.29 is 18.3 Å². The zero-order chi connectivity index (χ0) is 18.4. The zero-order valence-corrected chi connectivity index (χ0v) is 14.5. The first kappa shape index (κ1) is 18.3. The van der Waals surface area contributed by atoms with Crippen molar-refractivity contribution in [2.45, 2.75) is 19.6 Å². The number of amides is 1. The lowest BCUT2D eigenvalue weighted by atomic mass is 10.2. The number of benzene rings is 2. The SMILES string of the molecule is O=C(c1ccc(OC(F)F)cc1)N1CCCN(Cc2ccccc2)CC1. The highest BCUT2D eigenvalue weighted by molar-refractivity contribution is 5.94. The lowest BCUT2D eigenvalue weighted by molar-refractivity contribution is -0.0498. The van der Waals surface area contributed by atoms with Gasteiger partial charge in [-0.05, 0) is 36.2 Å². The Kier molecular flexibility index (Phi) is 6.17. The van der Waals surface area contributed by atoms with E-state index in [2.05, 4.69) is 21.8 Å². The summed E-state index contributed by atoms with van der Waals surface area (Å²) in [5.74, 6) is -0.0170. The third-order valence-corrected chi connectivity index (χ3v) is 4.45. The molecule has 0 N–H and O–H groups in total. The molecule has 1 heterocycles. The van der Waals surface area contributed by atoms with Gasteiger partial charge in [-0.2, -0.15) is 8.78 Å². The smallest absolute Gasteiger partial charge is 0.387 e. The van der Waals surface area contributed by atoms with E-state index in [9.17, 15) is 13.6 Å². The first-order valence-electron chi connectivity index (χ1n) is 8.72. The van der Waals surface area contributed by atoms with Gasteiger partial charge in [-0.25, -0.2) is 0 Å². The normalized spacial score (nSPS) is 15.7. The van der Waals surface area contributed by atoms with Crippen molar-refractivity contribution in [3.8, 4) is 5.75 Å². The summed E-state index contributed by atoms with van der Waals surface area (Å²) in [6.07, 6.45) is 0.908. The lowest BCUT2D eigenvalue weighted by Gasteiger charge is -2.22. The van der Waals surface area contributed by atoms with Gasteiger partial charge in [0.15, 0.2) is 0 Å². The second-order valence-corrected chi connectivity index (χ2v) is 6.31. The molecule has 2 aromatic rings. The van der Waals surface area contributed by atoms with Crippen molar-refractivity contribution in [1.82, 2.24) is 9.80 Å². The van der Waals surface area contributed by atoms with Gasteiger partial charge in [0, 0.05) is 38.3 Å². The maximum atomic E-state index is 12.7. The molecule has 6 heteroatoms. The molecule has 2 aromatic carbocycles. The molecule has 4 nitrogen and oxygen atoms in total. The van der Waals surface area contributed by atoms with Crippen molar-refractivity contribution >= 4 is 5.91 Å². The Hall–Kier alpha value is -2.47. The fourth-order valence-corrected chi connectivity index (χ4v) is 3.14. The van der Waals surface area contributed by atoms with E-state index in [4.69, 9.17) is 0 Å². The van der Waals surface area contributed by atoms with Crippen LogP contribution in [0.1, 0.15) is 22.3 Å². The molecule has 1 aliphatic heterocycles. The Morgan fingerprint density at radius 1 is 0.962 bits per heavy atom. The number of carbonyl (C=O) groups is 1. The summed E-state index contributed by atoms with van der Waals surface area (Å²) in [6.45, 7) is 1.12. The molecule has 3 rings (SSSR count). The summed E-state index contributed by atoms with van der Waals surface area (Å²) >= 11 is 0. The van der Waals surface area contributed by atoms with Crippen LogP contribution in [-0.2, 0) is 6.54 Å². The summed E-state index contributed by atoms with van der Waals surface area (Å²) in [7, 11) is 0. The number of alkyl halides is 2. The first-order chi connectivity index (χ1) is 12.6. The molecule has 0 bridgehead atoms. The van der Waals surface area contributed by atoms with Crippen molar-refractivity contribution in [3.63, 3.8) is 0 Å². The van der Waals surface area contributed by atoms with E-state index in [0.29, 0.717) is 18.7 Å². The van der Waals surface area contributed by atoms with E-state index in [1.54, 1.807) is 0 Å². The van der Waals surface area contributed by atoms with E-state index in [1.165, 1.54) is 29.8 Å². The van der Waals surface area contributed by atoms with Gasteiger partial charge in [0.25, 0.3) is 5.91 Å². The number of hydrogen-bond acceptors (Lipinski definition) is 3. The standard InChI is InChI=1S/C20H22F2N2O2/c21-20(22)26-18-9-7-17(8-10-18)19(25)24-12-4-11-23(13-14-24)15-16-5-2-1-3-6-16/h1-3,5-10,20H,4,11-15H2. The van der Waals surface area contributed by atoms with Crippen LogP contribution in [-0.4, -0.2) is 48.5 Å². The minimum atomic E-state index is -2.86. The van der Waals surface area contributed by atoms with Crippen molar-refractivity contribution in [2.24, 2.45) is 0 Å². The molecule has 26 heavy (non-hydrogen) atoms. The fraction of sp³-hybridized carbons (Fsp3) is 0.350. The van der Waals surface area contributed by atoms with Gasteiger partial charge in [-0.3, -0.25) is 9.69 Å². The van der Waals surface area contributed by atoms with Gasteiger partial charge in [-0.1, -0.05) is 30.3 Å². The number of nitrogens with zero attached hydrogens (tertiary/aromatic N) is 2. The lowest BCUT2D eigenvalue weighted by Crippen LogP contribution is -2.35. The van der Waals surface area contributed by atoms with Crippen molar-refractivity contribution in [2.75, 3.05) is 26.2 Å². The number of rotatable bonds is 5. The van der Waals surface area contributed by atoms with Gasteiger partial charge in [-0.15, -0.1) is 0 Å². The molecular weight excluding hydrogens is 338 g/mol. The van der Waals surface area contributed by atoms with E-state index in [1.807, 2.05) is 23.1 Å². The average Bonchev–Trinajstić information content (AvgIpc) is 2.88. The maximum absolute atomic E-state index is 12.7. The van der Waals surface area contributed by atoms with Crippen LogP contribution in [0.3, 0.4) is 0 Å². The summed E-state index contributed by atoms with van der Waals surface area (Å²) in [4.78, 5) is 16.8. The van der Waals surface area contributed by atoms with Crippen molar-refractivity contribution in [3.05, 3.63) is 65.7 Å². The molecule has 0 saturated carbocycles. The Morgan fingerprint density at radius 2 is 1.69 bits per heavy atom. The first-order valence-corrected chi connectivity index (χ1v) is 8.72. The van der Waals surface area contributed by atoms with Crippen LogP contribution >= 0.6 is 0 Å². The number of ether oxygens (including phenoxy) is 1. The average molecular weight is 360 g/mol. The third-order valence-electron chi connectivity index (χ3n) is 4.45. The van der Waals surface area contributed by atoms with E-state index in [-0.39, 0.29) is 11.7 Å². The summed E-state index contributed by atoms with van der Waals surface area (Å²) in [5, 5.41) is 0. The second kappa shape index (κ2) is 8.76. The van der Waals surface area contributed by atoms with Gasteiger partial charge < -0.3 is 9.64 Å². The van der Waals surface area contributed by atoms with Crippen LogP contribution in [0.15, 0.2) is 54.6 Å². The molecule has 1 amide bonds. The van der Waals surface area contributed by atoms with Gasteiger partial charge >= 0.3 is 6.61 Å². The molecule has 0 aliphatic carbocycles. The highest BCUT2D eigenvalue weighted by Gasteiger charge is 2.20. The Morgan fingerprint density at radius 3 is 2.38 bits per heavy atom. The Labute approximate surface area is 152 Å². The highest BCUT2D eigenvalue weighted by Crippen LogP contribution is 2.17. The predicted octanol–water partition coefficient (Wildman–Crippen LogP) is 3.64. The molecule has 0 aromatic heterocycles. The number of halogens is 2. The number of hydrogen-bond donors (Lipinski definition) is 0. The summed E-state index contributed by atoms with van der Waals surface area (Å²) in [6, 6.07) is 16.2. The molecular formula is C20H22F2N2O2. The monoisotopic (exact) mass is 360 g/mol. The quantitative estimate of drug-likeness (QED) is 0.816. The van der Waals surface area contributed by atoms with Gasteiger partial charge in [0.2, 0.25) is 0 Å². The second-order valence-electron chi connectivity index (χ2n) is 6.31. The molecule has 1 aliphatic rings. The predicted molar refractivity (Wildman–Crippen MR) is 95.3 cm³/mol. The third kappa shape index (κ3) is 5.02. The molecule has 1 saturated heterocycles. The van der Waals surface area contributed by atoms with E-state index in [0.717, 1.165) is 26.1 Å².